The van der Waals surface area contributed by atoms with Crippen molar-refractivity contribution in [2.75, 3.05) is 11.1 Å². The van der Waals surface area contributed by atoms with Gasteiger partial charge in [0.2, 0.25) is 5.95 Å². The summed E-state index contributed by atoms with van der Waals surface area (Å²) in [5.41, 5.74) is 7.75. The summed E-state index contributed by atoms with van der Waals surface area (Å²) in [6, 6.07) is 11.6. The minimum atomic E-state index is 0.447. The molecule has 3 aromatic rings. The van der Waals surface area contributed by atoms with Gasteiger partial charge in [-0.15, -0.1) is 0 Å². The molecule has 0 unspecified atom stereocenters. The minimum Gasteiger partial charge on any atom is -0.384 e. The Kier molecular flexibility index (Phi) is 3.28. The highest BCUT2D eigenvalue weighted by atomic mass is 15.3. The number of hydrogen-bond acceptors (Lipinski definition) is 5. The highest BCUT2D eigenvalue weighted by Gasteiger charge is 2.04. The molecule has 1 aromatic carbocycles. The van der Waals surface area contributed by atoms with E-state index in [1.54, 1.807) is 18.5 Å². The summed E-state index contributed by atoms with van der Waals surface area (Å²) >= 11 is 0. The molecular formula is C14H14N6. The van der Waals surface area contributed by atoms with Crippen LogP contribution in [0.3, 0.4) is 0 Å². The maximum Gasteiger partial charge on any atom is 0.224 e. The molecule has 6 heteroatoms. The number of aromatic nitrogens is 4. The van der Waals surface area contributed by atoms with Crippen molar-refractivity contribution in [3.63, 3.8) is 0 Å². The zero-order valence-corrected chi connectivity index (χ0v) is 10.8. The summed E-state index contributed by atoms with van der Waals surface area (Å²) in [6.45, 7) is 0.597. The number of hydrogen-bond donors (Lipinski definition) is 2. The lowest BCUT2D eigenvalue weighted by Gasteiger charge is -2.10. The highest BCUT2D eigenvalue weighted by molar-refractivity contribution is 5.43. The summed E-state index contributed by atoms with van der Waals surface area (Å²) in [6.07, 6.45) is 5.30. The Labute approximate surface area is 116 Å². The summed E-state index contributed by atoms with van der Waals surface area (Å²) < 4.78 is 1.83. The monoisotopic (exact) mass is 266 g/mol. The second-order valence-electron chi connectivity index (χ2n) is 4.24. The molecule has 3 N–H and O–H groups in total. The summed E-state index contributed by atoms with van der Waals surface area (Å²) in [4.78, 5) is 8.24. The van der Waals surface area contributed by atoms with Crippen molar-refractivity contribution in [1.29, 1.82) is 0 Å². The van der Waals surface area contributed by atoms with E-state index in [9.17, 15) is 0 Å². The Morgan fingerprint density at radius 1 is 1.10 bits per heavy atom. The first kappa shape index (κ1) is 12.2. The second-order valence-corrected chi connectivity index (χ2v) is 4.24. The standard InChI is InChI=1S/C14H14N6/c15-13-6-8-16-14(19-13)17-10-11-4-1-2-5-12(11)20-9-3-7-18-20/h1-9H,10H2,(H3,15,16,17,19). The van der Waals surface area contributed by atoms with Crippen LogP contribution < -0.4 is 11.1 Å². The lowest BCUT2D eigenvalue weighted by molar-refractivity contribution is 0.862. The van der Waals surface area contributed by atoms with E-state index in [-0.39, 0.29) is 0 Å². The molecule has 0 saturated heterocycles. The van der Waals surface area contributed by atoms with Gasteiger partial charge in [0.1, 0.15) is 5.82 Å². The Balaban J connectivity index is 1.81. The number of rotatable bonds is 4. The largest absolute Gasteiger partial charge is 0.384 e. The number of para-hydroxylation sites is 1. The van der Waals surface area contributed by atoms with E-state index in [0.29, 0.717) is 18.3 Å². The van der Waals surface area contributed by atoms with E-state index in [2.05, 4.69) is 20.4 Å². The van der Waals surface area contributed by atoms with Crippen LogP contribution in [0.1, 0.15) is 5.56 Å². The first-order valence-electron chi connectivity index (χ1n) is 6.23. The maximum absolute atomic E-state index is 5.63. The zero-order chi connectivity index (χ0) is 13.8. The van der Waals surface area contributed by atoms with Gasteiger partial charge in [-0.05, 0) is 23.8 Å². The summed E-state index contributed by atoms with van der Waals surface area (Å²) in [7, 11) is 0. The molecule has 100 valence electrons. The average molecular weight is 266 g/mol. The van der Waals surface area contributed by atoms with Crippen molar-refractivity contribution in [3.8, 4) is 5.69 Å². The van der Waals surface area contributed by atoms with Crippen LogP contribution >= 0.6 is 0 Å². The fourth-order valence-corrected chi connectivity index (χ4v) is 1.93. The Hall–Kier alpha value is -2.89. The molecule has 0 radical (unpaired) electrons. The van der Waals surface area contributed by atoms with Crippen molar-refractivity contribution in [3.05, 3.63) is 60.6 Å². The van der Waals surface area contributed by atoms with Gasteiger partial charge in [-0.1, -0.05) is 18.2 Å². The molecule has 20 heavy (non-hydrogen) atoms. The molecule has 0 aliphatic carbocycles. The topological polar surface area (TPSA) is 81.6 Å². The Morgan fingerprint density at radius 3 is 2.80 bits per heavy atom. The third-order valence-corrected chi connectivity index (χ3v) is 2.86. The van der Waals surface area contributed by atoms with Crippen LogP contribution in [-0.2, 0) is 6.54 Å². The van der Waals surface area contributed by atoms with Gasteiger partial charge in [0.25, 0.3) is 0 Å². The van der Waals surface area contributed by atoms with Gasteiger partial charge >= 0.3 is 0 Å². The molecule has 2 heterocycles. The molecule has 0 aliphatic heterocycles. The number of nitrogens with two attached hydrogens (primary N) is 1. The van der Waals surface area contributed by atoms with Gasteiger partial charge in [0.05, 0.1) is 5.69 Å². The van der Waals surface area contributed by atoms with E-state index in [1.807, 2.05) is 41.2 Å². The average Bonchev–Trinajstić information content (AvgIpc) is 3.00. The van der Waals surface area contributed by atoms with Crippen LogP contribution in [0.4, 0.5) is 11.8 Å². The summed E-state index contributed by atoms with van der Waals surface area (Å²) in [5.74, 6) is 0.961. The first-order chi connectivity index (χ1) is 9.83. The highest BCUT2D eigenvalue weighted by Crippen LogP contribution is 2.14. The molecule has 0 fully saturated rings. The second kappa shape index (κ2) is 5.40. The molecule has 0 amide bonds. The molecule has 6 nitrogen and oxygen atoms in total. The van der Waals surface area contributed by atoms with Crippen molar-refractivity contribution in [1.82, 2.24) is 19.7 Å². The first-order valence-corrected chi connectivity index (χ1v) is 6.23. The SMILES string of the molecule is Nc1ccnc(NCc2ccccc2-n2cccn2)n1. The van der Waals surface area contributed by atoms with Crippen LogP contribution in [0.5, 0.6) is 0 Å². The van der Waals surface area contributed by atoms with Crippen LogP contribution in [0.15, 0.2) is 55.0 Å². The third-order valence-electron chi connectivity index (χ3n) is 2.86. The van der Waals surface area contributed by atoms with Crippen LogP contribution in [0.2, 0.25) is 0 Å². The molecular weight excluding hydrogens is 252 g/mol. The van der Waals surface area contributed by atoms with Gasteiger partial charge in [-0.3, -0.25) is 0 Å². The molecule has 2 aromatic heterocycles. The van der Waals surface area contributed by atoms with E-state index in [4.69, 9.17) is 5.73 Å². The number of benzene rings is 1. The molecule has 0 bridgehead atoms. The van der Waals surface area contributed by atoms with E-state index < -0.39 is 0 Å². The predicted molar refractivity (Wildman–Crippen MR) is 77.3 cm³/mol. The molecule has 0 aliphatic rings. The van der Waals surface area contributed by atoms with Crippen LogP contribution in [0.25, 0.3) is 5.69 Å². The van der Waals surface area contributed by atoms with Crippen molar-refractivity contribution >= 4 is 11.8 Å². The van der Waals surface area contributed by atoms with Gasteiger partial charge in [0.15, 0.2) is 0 Å². The number of anilines is 2. The minimum absolute atomic E-state index is 0.447. The quantitative estimate of drug-likeness (QED) is 0.753. The lowest BCUT2D eigenvalue weighted by atomic mass is 10.2. The van der Waals surface area contributed by atoms with E-state index in [1.165, 1.54) is 0 Å². The zero-order valence-electron chi connectivity index (χ0n) is 10.8. The predicted octanol–water partition coefficient (Wildman–Crippen LogP) is 1.86. The Bertz CT molecular complexity index is 692. The smallest absolute Gasteiger partial charge is 0.224 e. The van der Waals surface area contributed by atoms with Crippen LogP contribution in [0, 0.1) is 0 Å². The molecule has 0 atom stereocenters. The Morgan fingerprint density at radius 2 is 2.00 bits per heavy atom. The number of nitrogens with one attached hydrogen (secondary N) is 1. The van der Waals surface area contributed by atoms with Gasteiger partial charge in [0, 0.05) is 25.1 Å². The maximum atomic E-state index is 5.63. The normalized spacial score (nSPS) is 10.4. The van der Waals surface area contributed by atoms with E-state index in [0.717, 1.165) is 11.3 Å². The molecule has 0 spiro atoms. The van der Waals surface area contributed by atoms with Gasteiger partial charge in [-0.25, -0.2) is 9.67 Å². The third kappa shape index (κ3) is 2.59. The van der Waals surface area contributed by atoms with Crippen LogP contribution in [-0.4, -0.2) is 19.7 Å². The van der Waals surface area contributed by atoms with Crippen molar-refractivity contribution in [2.24, 2.45) is 0 Å². The number of nitrogen functional groups attached to an aromatic ring is 1. The van der Waals surface area contributed by atoms with Gasteiger partial charge in [-0.2, -0.15) is 10.1 Å². The lowest BCUT2D eigenvalue weighted by Crippen LogP contribution is -2.08. The molecule has 0 saturated carbocycles. The van der Waals surface area contributed by atoms with Crippen molar-refractivity contribution < 1.29 is 0 Å². The number of nitrogens with zero attached hydrogens (tertiary/aromatic N) is 4. The fourth-order valence-electron chi connectivity index (χ4n) is 1.93. The summed E-state index contributed by atoms with van der Waals surface area (Å²) in [5, 5.41) is 7.41. The van der Waals surface area contributed by atoms with Gasteiger partial charge < -0.3 is 11.1 Å². The molecule has 3 rings (SSSR count). The fraction of sp³-hybridized carbons (Fsp3) is 0.0714. The van der Waals surface area contributed by atoms with Crippen molar-refractivity contribution in [2.45, 2.75) is 6.54 Å². The van der Waals surface area contributed by atoms with E-state index >= 15 is 0 Å².